The Hall–Kier alpha value is -2.99. The maximum absolute atomic E-state index is 12.2. The number of nitrogens with zero attached hydrogens (tertiary/aromatic N) is 3. The second kappa shape index (κ2) is 7.09. The van der Waals surface area contributed by atoms with Crippen LogP contribution in [-0.2, 0) is 11.2 Å². The van der Waals surface area contributed by atoms with Crippen molar-refractivity contribution in [3.63, 3.8) is 0 Å². The van der Waals surface area contributed by atoms with Crippen LogP contribution in [0.5, 0.6) is 0 Å². The highest BCUT2D eigenvalue weighted by atomic mass is 79.9. The molecule has 0 bridgehead atoms. The third kappa shape index (κ3) is 3.65. The average molecular weight is 407 g/mol. The van der Waals surface area contributed by atoms with Gasteiger partial charge in [0.25, 0.3) is 0 Å². The molecule has 0 unspecified atom stereocenters. The number of anilines is 1. The van der Waals surface area contributed by atoms with E-state index in [0.717, 1.165) is 32.5 Å². The number of carbonyl (C=O) groups is 1. The zero-order valence-electron chi connectivity index (χ0n) is 13.8. The predicted octanol–water partition coefficient (Wildman–Crippen LogP) is 4.34. The van der Waals surface area contributed by atoms with Crippen LogP contribution in [0, 0.1) is 0 Å². The number of amides is 1. The van der Waals surface area contributed by atoms with E-state index in [1.165, 1.54) is 6.33 Å². The Bertz CT molecular complexity index is 1060. The fourth-order valence-corrected chi connectivity index (χ4v) is 3.00. The Morgan fingerprint density at radius 2 is 1.77 bits per heavy atom. The fourth-order valence-electron chi connectivity index (χ4n) is 2.73. The van der Waals surface area contributed by atoms with Gasteiger partial charge in [-0.1, -0.05) is 40.2 Å². The second-order valence-corrected chi connectivity index (χ2v) is 6.82. The smallest absolute Gasteiger partial charge is 0.228 e. The SMILES string of the molecule is O=C(Cc1ccc(-c2ccn3ncnc3c2)cc1)Nc1ccc(Br)cc1. The molecule has 0 aliphatic rings. The lowest BCUT2D eigenvalue weighted by molar-refractivity contribution is -0.115. The van der Waals surface area contributed by atoms with Crippen molar-refractivity contribution in [1.29, 1.82) is 0 Å². The molecule has 128 valence electrons. The first-order chi connectivity index (χ1) is 12.7. The van der Waals surface area contributed by atoms with Crippen LogP contribution in [0.1, 0.15) is 5.56 Å². The Balaban J connectivity index is 1.45. The number of carbonyl (C=O) groups excluding carboxylic acids is 1. The van der Waals surface area contributed by atoms with Crippen molar-refractivity contribution < 1.29 is 4.79 Å². The van der Waals surface area contributed by atoms with Gasteiger partial charge in [-0.15, -0.1) is 0 Å². The van der Waals surface area contributed by atoms with E-state index in [1.807, 2.05) is 66.9 Å². The lowest BCUT2D eigenvalue weighted by atomic mass is 10.0. The summed E-state index contributed by atoms with van der Waals surface area (Å²) in [5.41, 5.74) is 4.70. The van der Waals surface area contributed by atoms with Gasteiger partial charge in [0.15, 0.2) is 5.65 Å². The minimum Gasteiger partial charge on any atom is -0.326 e. The summed E-state index contributed by atoms with van der Waals surface area (Å²) < 4.78 is 2.71. The summed E-state index contributed by atoms with van der Waals surface area (Å²) in [7, 11) is 0. The molecule has 6 heteroatoms. The topological polar surface area (TPSA) is 59.3 Å². The van der Waals surface area contributed by atoms with Gasteiger partial charge < -0.3 is 5.32 Å². The molecule has 2 heterocycles. The summed E-state index contributed by atoms with van der Waals surface area (Å²) in [4.78, 5) is 16.4. The molecule has 0 atom stereocenters. The Labute approximate surface area is 158 Å². The van der Waals surface area contributed by atoms with Crippen LogP contribution in [0.2, 0.25) is 0 Å². The van der Waals surface area contributed by atoms with Gasteiger partial charge in [-0.25, -0.2) is 9.50 Å². The minimum absolute atomic E-state index is 0.0371. The average Bonchev–Trinajstić information content (AvgIpc) is 3.12. The minimum atomic E-state index is -0.0371. The first kappa shape index (κ1) is 16.5. The molecule has 1 amide bonds. The molecular weight excluding hydrogens is 392 g/mol. The summed E-state index contributed by atoms with van der Waals surface area (Å²) >= 11 is 3.38. The van der Waals surface area contributed by atoms with Crippen LogP contribution in [0.4, 0.5) is 5.69 Å². The molecule has 0 aliphatic heterocycles. The number of hydrogen-bond donors (Lipinski definition) is 1. The first-order valence-electron chi connectivity index (χ1n) is 8.11. The highest BCUT2D eigenvalue weighted by Gasteiger charge is 2.06. The highest BCUT2D eigenvalue weighted by Crippen LogP contribution is 2.21. The molecule has 1 N–H and O–H groups in total. The van der Waals surface area contributed by atoms with E-state index in [0.29, 0.717) is 6.42 Å². The van der Waals surface area contributed by atoms with Crippen molar-refractivity contribution in [2.75, 3.05) is 5.32 Å². The molecule has 2 aromatic carbocycles. The Morgan fingerprint density at radius 3 is 2.54 bits per heavy atom. The number of nitrogens with one attached hydrogen (secondary N) is 1. The molecule has 4 aromatic rings. The van der Waals surface area contributed by atoms with Crippen LogP contribution in [0.15, 0.2) is 77.7 Å². The van der Waals surface area contributed by atoms with E-state index >= 15 is 0 Å². The quantitative estimate of drug-likeness (QED) is 0.548. The van der Waals surface area contributed by atoms with Crippen LogP contribution in [-0.4, -0.2) is 20.5 Å². The highest BCUT2D eigenvalue weighted by molar-refractivity contribution is 9.10. The molecule has 5 nitrogen and oxygen atoms in total. The van der Waals surface area contributed by atoms with Crippen molar-refractivity contribution in [3.8, 4) is 11.1 Å². The van der Waals surface area contributed by atoms with E-state index in [-0.39, 0.29) is 5.91 Å². The van der Waals surface area contributed by atoms with Crippen LogP contribution < -0.4 is 5.32 Å². The normalized spacial score (nSPS) is 10.8. The summed E-state index contributed by atoms with van der Waals surface area (Å²) in [5.74, 6) is -0.0371. The summed E-state index contributed by atoms with van der Waals surface area (Å²) in [5, 5.41) is 7.00. The summed E-state index contributed by atoms with van der Waals surface area (Å²) in [6.45, 7) is 0. The third-order valence-electron chi connectivity index (χ3n) is 4.06. The van der Waals surface area contributed by atoms with Gasteiger partial charge >= 0.3 is 0 Å². The van der Waals surface area contributed by atoms with Gasteiger partial charge in [0.05, 0.1) is 6.42 Å². The molecule has 0 saturated heterocycles. The number of pyridine rings is 1. The van der Waals surface area contributed by atoms with Crippen LogP contribution >= 0.6 is 15.9 Å². The standard InChI is InChI=1S/C20H15BrN4O/c21-17-5-7-18(8-6-17)24-20(26)11-14-1-3-15(4-2-14)16-9-10-25-19(12-16)22-13-23-25/h1-10,12-13H,11H2,(H,24,26). The van der Waals surface area contributed by atoms with Crippen molar-refractivity contribution in [2.24, 2.45) is 0 Å². The molecule has 0 aliphatic carbocycles. The van der Waals surface area contributed by atoms with Crippen LogP contribution in [0.25, 0.3) is 16.8 Å². The number of rotatable bonds is 4. The largest absolute Gasteiger partial charge is 0.326 e. The van der Waals surface area contributed by atoms with E-state index in [9.17, 15) is 4.79 Å². The Morgan fingerprint density at radius 1 is 1.00 bits per heavy atom. The molecule has 2 aromatic heterocycles. The summed E-state index contributed by atoms with van der Waals surface area (Å²) in [6, 6.07) is 19.5. The maximum atomic E-state index is 12.2. The van der Waals surface area contributed by atoms with E-state index < -0.39 is 0 Å². The lowest BCUT2D eigenvalue weighted by Crippen LogP contribution is -2.14. The molecule has 0 radical (unpaired) electrons. The first-order valence-corrected chi connectivity index (χ1v) is 8.91. The van der Waals surface area contributed by atoms with Crippen molar-refractivity contribution >= 4 is 33.2 Å². The molecule has 0 saturated carbocycles. The molecule has 26 heavy (non-hydrogen) atoms. The van der Waals surface area contributed by atoms with Gasteiger partial charge in [-0.3, -0.25) is 4.79 Å². The second-order valence-electron chi connectivity index (χ2n) is 5.91. The van der Waals surface area contributed by atoms with Gasteiger partial charge in [-0.05, 0) is 53.1 Å². The predicted molar refractivity (Wildman–Crippen MR) is 105 cm³/mol. The van der Waals surface area contributed by atoms with Crippen LogP contribution in [0.3, 0.4) is 0 Å². The van der Waals surface area contributed by atoms with Crippen molar-refractivity contribution in [3.05, 3.63) is 83.2 Å². The molecule has 0 spiro atoms. The monoisotopic (exact) mass is 406 g/mol. The van der Waals surface area contributed by atoms with E-state index in [1.54, 1.807) is 4.52 Å². The van der Waals surface area contributed by atoms with Gasteiger partial charge in [-0.2, -0.15) is 5.10 Å². The number of aromatic nitrogens is 3. The molecule has 4 rings (SSSR count). The van der Waals surface area contributed by atoms with Crippen molar-refractivity contribution in [1.82, 2.24) is 14.6 Å². The Kier molecular flexibility index (Phi) is 4.50. The number of hydrogen-bond acceptors (Lipinski definition) is 3. The molecular formula is C20H15BrN4O. The van der Waals surface area contributed by atoms with E-state index in [4.69, 9.17) is 0 Å². The number of fused-ring (bicyclic) bond motifs is 1. The zero-order valence-corrected chi connectivity index (χ0v) is 15.3. The summed E-state index contributed by atoms with van der Waals surface area (Å²) in [6.07, 6.45) is 3.75. The van der Waals surface area contributed by atoms with Gasteiger partial charge in [0.2, 0.25) is 5.91 Å². The lowest BCUT2D eigenvalue weighted by Gasteiger charge is -2.07. The van der Waals surface area contributed by atoms with Gasteiger partial charge in [0, 0.05) is 16.4 Å². The zero-order chi connectivity index (χ0) is 17.9. The third-order valence-corrected chi connectivity index (χ3v) is 4.59. The number of benzene rings is 2. The van der Waals surface area contributed by atoms with Gasteiger partial charge in [0.1, 0.15) is 6.33 Å². The molecule has 0 fully saturated rings. The van der Waals surface area contributed by atoms with E-state index in [2.05, 4.69) is 31.3 Å². The van der Waals surface area contributed by atoms with Crippen molar-refractivity contribution in [2.45, 2.75) is 6.42 Å². The maximum Gasteiger partial charge on any atom is 0.228 e. The fraction of sp³-hybridized carbons (Fsp3) is 0.0500. The number of halogens is 1.